The number of halogens is 1. The van der Waals surface area contributed by atoms with Crippen molar-refractivity contribution in [2.45, 2.75) is 19.4 Å². The van der Waals surface area contributed by atoms with E-state index in [1.807, 2.05) is 60.7 Å². The molecule has 0 bridgehead atoms. The molecule has 1 saturated heterocycles. The van der Waals surface area contributed by atoms with Crippen LogP contribution in [0.15, 0.2) is 71.5 Å². The molecule has 1 fully saturated rings. The van der Waals surface area contributed by atoms with E-state index >= 15 is 0 Å². The first kappa shape index (κ1) is 20.3. The SMILES string of the molecule is O=C(NCc1ccc(Br)cc1)C1CCN(c2cc(Oc3ccccc3)ncn2)CC1. The molecular formula is C23H23BrN4O2. The number of hydrogen-bond acceptors (Lipinski definition) is 5. The number of anilines is 1. The molecule has 1 aliphatic rings. The lowest BCUT2D eigenvalue weighted by Gasteiger charge is -2.32. The van der Waals surface area contributed by atoms with Crippen LogP contribution in [0.5, 0.6) is 11.6 Å². The predicted molar refractivity (Wildman–Crippen MR) is 119 cm³/mol. The first-order chi connectivity index (χ1) is 14.7. The summed E-state index contributed by atoms with van der Waals surface area (Å²) in [5.74, 6) is 2.22. The molecule has 6 nitrogen and oxygen atoms in total. The third-order valence-electron chi connectivity index (χ3n) is 5.16. The van der Waals surface area contributed by atoms with Crippen LogP contribution < -0.4 is 15.0 Å². The molecule has 0 spiro atoms. The van der Waals surface area contributed by atoms with Crippen molar-refractivity contribution < 1.29 is 9.53 Å². The van der Waals surface area contributed by atoms with E-state index in [2.05, 4.69) is 36.1 Å². The van der Waals surface area contributed by atoms with E-state index in [0.29, 0.717) is 12.4 Å². The number of nitrogens with zero attached hydrogens (tertiary/aromatic N) is 3. The molecule has 154 valence electrons. The second-order valence-electron chi connectivity index (χ2n) is 7.24. The molecule has 1 N–H and O–H groups in total. The van der Waals surface area contributed by atoms with E-state index < -0.39 is 0 Å². The summed E-state index contributed by atoms with van der Waals surface area (Å²) in [6.45, 7) is 2.11. The third kappa shape index (κ3) is 5.36. The number of benzene rings is 2. The van der Waals surface area contributed by atoms with Crippen molar-refractivity contribution in [1.29, 1.82) is 0 Å². The maximum absolute atomic E-state index is 12.6. The van der Waals surface area contributed by atoms with Crippen molar-refractivity contribution in [3.8, 4) is 11.6 Å². The Labute approximate surface area is 184 Å². The Kier molecular flexibility index (Phi) is 6.59. The molecule has 0 atom stereocenters. The van der Waals surface area contributed by atoms with Crippen molar-refractivity contribution in [2.75, 3.05) is 18.0 Å². The summed E-state index contributed by atoms with van der Waals surface area (Å²) in [4.78, 5) is 23.3. The number of carbonyl (C=O) groups is 1. The van der Waals surface area contributed by atoms with Crippen LogP contribution in [0, 0.1) is 5.92 Å². The summed E-state index contributed by atoms with van der Waals surface area (Å²) in [5.41, 5.74) is 1.09. The number of hydrogen-bond donors (Lipinski definition) is 1. The first-order valence-electron chi connectivity index (χ1n) is 9.99. The molecule has 0 aliphatic carbocycles. The fourth-order valence-corrected chi connectivity index (χ4v) is 3.74. The zero-order valence-corrected chi connectivity index (χ0v) is 18.1. The minimum Gasteiger partial charge on any atom is -0.439 e. The monoisotopic (exact) mass is 466 g/mol. The van der Waals surface area contributed by atoms with E-state index in [1.54, 1.807) is 0 Å². The quantitative estimate of drug-likeness (QED) is 0.576. The van der Waals surface area contributed by atoms with Crippen LogP contribution in [0.2, 0.25) is 0 Å². The van der Waals surface area contributed by atoms with Crippen LogP contribution in [0.3, 0.4) is 0 Å². The fraction of sp³-hybridized carbons (Fsp3) is 0.261. The smallest absolute Gasteiger partial charge is 0.224 e. The lowest BCUT2D eigenvalue weighted by Crippen LogP contribution is -2.40. The standard InChI is InChI=1S/C23H23BrN4O2/c24-19-8-6-17(7-9-19)15-25-23(29)18-10-12-28(13-11-18)21-14-22(27-16-26-21)30-20-4-2-1-3-5-20/h1-9,14,16,18H,10-13,15H2,(H,25,29). The van der Waals surface area contributed by atoms with Gasteiger partial charge in [-0.15, -0.1) is 0 Å². The van der Waals surface area contributed by atoms with Crippen LogP contribution >= 0.6 is 15.9 Å². The van der Waals surface area contributed by atoms with Gasteiger partial charge in [0.1, 0.15) is 17.9 Å². The van der Waals surface area contributed by atoms with Crippen molar-refractivity contribution >= 4 is 27.7 Å². The zero-order valence-electron chi connectivity index (χ0n) is 16.5. The largest absolute Gasteiger partial charge is 0.439 e. The number of amides is 1. The fourth-order valence-electron chi connectivity index (χ4n) is 3.47. The lowest BCUT2D eigenvalue weighted by molar-refractivity contribution is -0.125. The molecule has 1 aliphatic heterocycles. The van der Waals surface area contributed by atoms with Crippen LogP contribution in [-0.2, 0) is 11.3 Å². The minimum atomic E-state index is 0.0265. The van der Waals surface area contributed by atoms with Crippen LogP contribution in [-0.4, -0.2) is 29.0 Å². The van der Waals surface area contributed by atoms with Crippen molar-refractivity contribution in [2.24, 2.45) is 5.92 Å². The highest BCUT2D eigenvalue weighted by atomic mass is 79.9. The molecule has 3 aromatic rings. The predicted octanol–water partition coefficient (Wildman–Crippen LogP) is 4.56. The second kappa shape index (κ2) is 9.71. The number of aromatic nitrogens is 2. The Morgan fingerprint density at radius 2 is 1.80 bits per heavy atom. The molecule has 1 aromatic heterocycles. The summed E-state index contributed by atoms with van der Waals surface area (Å²) in [5, 5.41) is 3.06. The molecule has 7 heteroatoms. The van der Waals surface area contributed by atoms with Gasteiger partial charge in [-0.25, -0.2) is 9.97 Å². The molecule has 0 unspecified atom stereocenters. The van der Waals surface area contributed by atoms with Crippen LogP contribution in [0.4, 0.5) is 5.82 Å². The Hall–Kier alpha value is -2.93. The maximum Gasteiger partial charge on any atom is 0.224 e. The number of rotatable bonds is 6. The van der Waals surface area contributed by atoms with E-state index in [0.717, 1.165) is 47.5 Å². The lowest BCUT2D eigenvalue weighted by atomic mass is 9.96. The zero-order chi connectivity index (χ0) is 20.8. The van der Waals surface area contributed by atoms with E-state index in [1.165, 1.54) is 6.33 Å². The molecule has 4 rings (SSSR count). The maximum atomic E-state index is 12.6. The number of ether oxygens (including phenoxy) is 1. The highest BCUT2D eigenvalue weighted by Crippen LogP contribution is 2.26. The molecule has 30 heavy (non-hydrogen) atoms. The highest BCUT2D eigenvalue weighted by Gasteiger charge is 2.25. The Morgan fingerprint density at radius 1 is 1.07 bits per heavy atom. The normalized spacial score (nSPS) is 14.4. The Balaban J connectivity index is 1.29. The van der Waals surface area contributed by atoms with Crippen molar-refractivity contribution in [3.63, 3.8) is 0 Å². The summed E-state index contributed by atoms with van der Waals surface area (Å²) in [6, 6.07) is 19.4. The van der Waals surface area contributed by atoms with Crippen molar-refractivity contribution in [1.82, 2.24) is 15.3 Å². The summed E-state index contributed by atoms with van der Waals surface area (Å²) >= 11 is 3.42. The van der Waals surface area contributed by atoms with Gasteiger partial charge in [0.25, 0.3) is 0 Å². The molecule has 1 amide bonds. The minimum absolute atomic E-state index is 0.0265. The third-order valence-corrected chi connectivity index (χ3v) is 5.69. The number of para-hydroxylation sites is 1. The van der Waals surface area contributed by atoms with E-state index in [4.69, 9.17) is 4.74 Å². The molecular weight excluding hydrogens is 444 g/mol. The van der Waals surface area contributed by atoms with Gasteiger partial charge < -0.3 is 15.0 Å². The van der Waals surface area contributed by atoms with Gasteiger partial charge in [0, 0.05) is 36.1 Å². The summed E-state index contributed by atoms with van der Waals surface area (Å²) in [6.07, 6.45) is 3.11. The summed E-state index contributed by atoms with van der Waals surface area (Å²) in [7, 11) is 0. The number of carbonyl (C=O) groups excluding carboxylic acids is 1. The van der Waals surface area contributed by atoms with Gasteiger partial charge in [-0.1, -0.05) is 46.3 Å². The van der Waals surface area contributed by atoms with Gasteiger partial charge in [-0.3, -0.25) is 4.79 Å². The van der Waals surface area contributed by atoms with E-state index in [9.17, 15) is 4.79 Å². The topological polar surface area (TPSA) is 67.4 Å². The molecule has 2 aromatic carbocycles. The highest BCUT2D eigenvalue weighted by molar-refractivity contribution is 9.10. The number of nitrogens with one attached hydrogen (secondary N) is 1. The molecule has 0 radical (unpaired) electrons. The van der Waals surface area contributed by atoms with Gasteiger partial charge >= 0.3 is 0 Å². The van der Waals surface area contributed by atoms with Crippen LogP contribution in [0.25, 0.3) is 0 Å². The van der Waals surface area contributed by atoms with Gasteiger partial charge in [-0.2, -0.15) is 0 Å². The van der Waals surface area contributed by atoms with E-state index in [-0.39, 0.29) is 11.8 Å². The Bertz CT molecular complexity index is 974. The van der Waals surface area contributed by atoms with Gasteiger partial charge in [0.05, 0.1) is 0 Å². The van der Waals surface area contributed by atoms with Crippen LogP contribution in [0.1, 0.15) is 18.4 Å². The average molecular weight is 467 g/mol. The van der Waals surface area contributed by atoms with Gasteiger partial charge in [0.2, 0.25) is 11.8 Å². The molecule has 0 saturated carbocycles. The van der Waals surface area contributed by atoms with Gasteiger partial charge in [0.15, 0.2) is 0 Å². The average Bonchev–Trinajstić information content (AvgIpc) is 2.79. The molecule has 2 heterocycles. The summed E-state index contributed by atoms with van der Waals surface area (Å²) < 4.78 is 6.84. The number of piperidine rings is 1. The van der Waals surface area contributed by atoms with Gasteiger partial charge in [-0.05, 0) is 42.7 Å². The van der Waals surface area contributed by atoms with Crippen molar-refractivity contribution in [3.05, 3.63) is 77.0 Å². The first-order valence-corrected chi connectivity index (χ1v) is 10.8. The second-order valence-corrected chi connectivity index (χ2v) is 8.15. The Morgan fingerprint density at radius 3 is 2.53 bits per heavy atom.